The molecular formula is C23H29N3O2. The number of ether oxygens (including phenoxy) is 1. The molecule has 3 rings (SSSR count). The lowest BCUT2D eigenvalue weighted by Crippen LogP contribution is -2.07. The second-order valence-corrected chi connectivity index (χ2v) is 7.01. The van der Waals surface area contributed by atoms with Gasteiger partial charge in [-0.05, 0) is 43.0 Å². The molecule has 1 N–H and O–H groups in total. The normalized spacial score (nSPS) is 12.1. The van der Waals surface area contributed by atoms with Gasteiger partial charge in [0.05, 0.1) is 13.2 Å². The number of aryl methyl sites for hydroxylation is 1. The van der Waals surface area contributed by atoms with Crippen LogP contribution in [0, 0.1) is 0 Å². The van der Waals surface area contributed by atoms with Gasteiger partial charge in [0.15, 0.2) is 5.82 Å². The predicted octanol–water partition coefficient (Wildman–Crippen LogP) is 5.34. The Bertz CT molecular complexity index is 833. The molecule has 0 radical (unpaired) electrons. The van der Waals surface area contributed by atoms with Gasteiger partial charge in [-0.1, -0.05) is 61.0 Å². The van der Waals surface area contributed by atoms with Gasteiger partial charge in [-0.15, -0.1) is 0 Å². The lowest BCUT2D eigenvalue weighted by Gasteiger charge is -2.12. The number of unbranched alkanes of at least 4 members (excludes halogenated alkanes) is 1. The molecule has 0 bridgehead atoms. The van der Waals surface area contributed by atoms with E-state index >= 15 is 0 Å². The summed E-state index contributed by atoms with van der Waals surface area (Å²) >= 11 is 0. The minimum absolute atomic E-state index is 0.0443. The number of anilines is 1. The summed E-state index contributed by atoms with van der Waals surface area (Å²) in [6, 6.07) is 18.6. The van der Waals surface area contributed by atoms with E-state index in [9.17, 15) is 0 Å². The highest BCUT2D eigenvalue weighted by molar-refractivity contribution is 5.46. The van der Waals surface area contributed by atoms with Gasteiger partial charge in [-0.25, -0.2) is 0 Å². The van der Waals surface area contributed by atoms with Crippen molar-refractivity contribution in [2.24, 2.45) is 0 Å². The van der Waals surface area contributed by atoms with Crippen LogP contribution in [-0.2, 0) is 24.2 Å². The first-order chi connectivity index (χ1) is 13.7. The van der Waals surface area contributed by atoms with Crippen molar-refractivity contribution in [1.29, 1.82) is 0 Å². The number of rotatable bonds is 11. The molecule has 1 unspecified atom stereocenters. The number of nitrogens with zero attached hydrogens (tertiary/aromatic N) is 2. The number of nitrogens with one attached hydrogen (secondary N) is 1. The summed E-state index contributed by atoms with van der Waals surface area (Å²) in [5.41, 5.74) is 3.45. The maximum absolute atomic E-state index is 5.84. The van der Waals surface area contributed by atoms with E-state index < -0.39 is 0 Å². The van der Waals surface area contributed by atoms with Gasteiger partial charge in [0.2, 0.25) is 5.89 Å². The van der Waals surface area contributed by atoms with Crippen LogP contribution in [0.5, 0.6) is 0 Å². The first-order valence-corrected chi connectivity index (χ1v) is 10.0. The average Bonchev–Trinajstić information content (AvgIpc) is 3.20. The van der Waals surface area contributed by atoms with Crippen LogP contribution in [0.3, 0.4) is 0 Å². The van der Waals surface area contributed by atoms with Crippen LogP contribution in [0.2, 0.25) is 0 Å². The molecule has 0 amide bonds. The molecule has 148 valence electrons. The van der Waals surface area contributed by atoms with Crippen molar-refractivity contribution >= 4 is 5.69 Å². The van der Waals surface area contributed by atoms with E-state index in [1.54, 1.807) is 0 Å². The lowest BCUT2D eigenvalue weighted by molar-refractivity contribution is 0.124. The van der Waals surface area contributed by atoms with Crippen molar-refractivity contribution in [2.75, 3.05) is 11.9 Å². The average molecular weight is 380 g/mol. The zero-order valence-electron chi connectivity index (χ0n) is 16.7. The third kappa shape index (κ3) is 6.20. The first-order valence-electron chi connectivity index (χ1n) is 10.0. The highest BCUT2D eigenvalue weighted by Gasteiger charge is 2.14. The monoisotopic (exact) mass is 379 g/mol. The Hall–Kier alpha value is -2.66. The van der Waals surface area contributed by atoms with Crippen molar-refractivity contribution < 1.29 is 9.26 Å². The van der Waals surface area contributed by atoms with Gasteiger partial charge in [-0.2, -0.15) is 4.98 Å². The lowest BCUT2D eigenvalue weighted by atomic mass is 10.1. The van der Waals surface area contributed by atoms with Crippen molar-refractivity contribution in [3.63, 3.8) is 0 Å². The largest absolute Gasteiger partial charge is 0.376 e. The second-order valence-electron chi connectivity index (χ2n) is 7.01. The Labute approximate surface area is 167 Å². The van der Waals surface area contributed by atoms with Gasteiger partial charge in [0.25, 0.3) is 0 Å². The Morgan fingerprint density at radius 1 is 1.04 bits per heavy atom. The van der Waals surface area contributed by atoms with Crippen LogP contribution in [0.25, 0.3) is 0 Å². The van der Waals surface area contributed by atoms with Crippen LogP contribution in [-0.4, -0.2) is 16.7 Å². The second kappa shape index (κ2) is 10.6. The topological polar surface area (TPSA) is 60.2 Å². The molecule has 0 spiro atoms. The fourth-order valence-corrected chi connectivity index (χ4v) is 2.97. The van der Waals surface area contributed by atoms with Crippen molar-refractivity contribution in [1.82, 2.24) is 10.1 Å². The molecule has 0 aliphatic rings. The highest BCUT2D eigenvalue weighted by Crippen LogP contribution is 2.19. The molecular weight excluding hydrogens is 350 g/mol. The van der Waals surface area contributed by atoms with Gasteiger partial charge >= 0.3 is 0 Å². The predicted molar refractivity (Wildman–Crippen MR) is 111 cm³/mol. The molecule has 0 saturated carbocycles. The van der Waals surface area contributed by atoms with Gasteiger partial charge in [0.1, 0.15) is 6.04 Å². The SMILES string of the molecule is CCCCc1noc(C(C)Nc2cccc(COCCc3ccccc3)c2)n1. The Morgan fingerprint density at radius 3 is 2.68 bits per heavy atom. The van der Waals surface area contributed by atoms with Crippen molar-refractivity contribution in [3.8, 4) is 0 Å². The molecule has 1 atom stereocenters. The molecule has 1 heterocycles. The summed E-state index contributed by atoms with van der Waals surface area (Å²) in [5, 5.41) is 7.50. The molecule has 5 heteroatoms. The fraction of sp³-hybridized carbons (Fsp3) is 0.391. The number of benzene rings is 2. The highest BCUT2D eigenvalue weighted by atomic mass is 16.5. The molecule has 5 nitrogen and oxygen atoms in total. The van der Waals surface area contributed by atoms with E-state index in [2.05, 4.69) is 58.8 Å². The summed E-state index contributed by atoms with van der Waals surface area (Å²) in [6.07, 6.45) is 3.99. The van der Waals surface area contributed by atoms with Gasteiger partial charge in [-0.3, -0.25) is 0 Å². The zero-order chi connectivity index (χ0) is 19.6. The molecule has 28 heavy (non-hydrogen) atoms. The van der Waals surface area contributed by atoms with Gasteiger partial charge < -0.3 is 14.6 Å². The van der Waals surface area contributed by atoms with E-state index in [1.165, 1.54) is 5.56 Å². The van der Waals surface area contributed by atoms with Crippen LogP contribution in [0.4, 0.5) is 5.69 Å². The quantitative estimate of drug-likeness (QED) is 0.455. The van der Waals surface area contributed by atoms with Crippen LogP contribution >= 0.6 is 0 Å². The van der Waals surface area contributed by atoms with E-state index in [1.807, 2.05) is 25.1 Å². The molecule has 0 saturated heterocycles. The standard InChI is InChI=1S/C23H29N3O2/c1-3-4-13-22-25-23(28-26-22)18(2)24-21-12-8-11-20(16-21)17-27-15-14-19-9-6-5-7-10-19/h5-12,16,18,24H,3-4,13-15,17H2,1-2H3. The zero-order valence-corrected chi connectivity index (χ0v) is 16.7. The first kappa shape index (κ1) is 20.1. The summed E-state index contributed by atoms with van der Waals surface area (Å²) in [4.78, 5) is 4.49. The maximum atomic E-state index is 5.84. The third-order valence-electron chi connectivity index (χ3n) is 4.56. The summed E-state index contributed by atoms with van der Waals surface area (Å²) in [7, 11) is 0. The van der Waals surface area contributed by atoms with Crippen molar-refractivity contribution in [3.05, 3.63) is 77.4 Å². The Balaban J connectivity index is 1.47. The minimum atomic E-state index is -0.0443. The Kier molecular flexibility index (Phi) is 7.62. The smallest absolute Gasteiger partial charge is 0.248 e. The third-order valence-corrected chi connectivity index (χ3v) is 4.56. The molecule has 3 aromatic rings. The molecule has 0 aliphatic heterocycles. The molecule has 1 aromatic heterocycles. The van der Waals surface area contributed by atoms with E-state index in [0.29, 0.717) is 19.1 Å². The molecule has 0 aliphatic carbocycles. The summed E-state index contributed by atoms with van der Waals surface area (Å²) < 4.78 is 11.2. The number of aromatic nitrogens is 2. The van der Waals surface area contributed by atoms with E-state index in [-0.39, 0.29) is 6.04 Å². The summed E-state index contributed by atoms with van der Waals surface area (Å²) in [5.74, 6) is 1.40. The molecule has 0 fully saturated rings. The number of hydrogen-bond acceptors (Lipinski definition) is 5. The number of hydrogen-bond donors (Lipinski definition) is 1. The van der Waals surface area contributed by atoms with Gasteiger partial charge in [0, 0.05) is 12.1 Å². The van der Waals surface area contributed by atoms with E-state index in [0.717, 1.165) is 42.8 Å². The van der Waals surface area contributed by atoms with E-state index in [4.69, 9.17) is 9.26 Å². The minimum Gasteiger partial charge on any atom is -0.376 e. The van der Waals surface area contributed by atoms with Crippen LogP contribution < -0.4 is 5.32 Å². The maximum Gasteiger partial charge on any atom is 0.248 e. The Morgan fingerprint density at radius 2 is 1.86 bits per heavy atom. The van der Waals surface area contributed by atoms with Crippen molar-refractivity contribution in [2.45, 2.75) is 52.2 Å². The molecule has 2 aromatic carbocycles. The fourth-order valence-electron chi connectivity index (χ4n) is 2.97. The summed E-state index contributed by atoms with van der Waals surface area (Å²) in [6.45, 7) is 5.49. The van der Waals surface area contributed by atoms with Crippen LogP contribution in [0.15, 0.2) is 59.1 Å². The van der Waals surface area contributed by atoms with Crippen LogP contribution in [0.1, 0.15) is 55.6 Å².